The third kappa shape index (κ3) is 3.02. The maximum Gasteiger partial charge on any atom is 0.187 e. The fourth-order valence-electron chi connectivity index (χ4n) is 1.85. The molecule has 0 aliphatic carbocycles. The van der Waals surface area contributed by atoms with Gasteiger partial charge in [0.05, 0.1) is 7.11 Å². The SMILES string of the molecule is CCCNc1ncnc(-c2ccc(C)cc2)c1OC. The second-order valence-corrected chi connectivity index (χ2v) is 4.40. The van der Waals surface area contributed by atoms with E-state index in [0.717, 1.165) is 30.0 Å². The predicted octanol–water partition coefficient (Wildman–Crippen LogP) is 3.28. The first-order valence-corrected chi connectivity index (χ1v) is 6.46. The van der Waals surface area contributed by atoms with Crippen LogP contribution in [-0.2, 0) is 0 Å². The van der Waals surface area contributed by atoms with E-state index in [9.17, 15) is 0 Å². The third-order valence-electron chi connectivity index (χ3n) is 2.88. The van der Waals surface area contributed by atoms with Crippen molar-refractivity contribution in [1.82, 2.24) is 9.97 Å². The molecule has 0 amide bonds. The number of methoxy groups -OCH3 is 1. The van der Waals surface area contributed by atoms with Crippen molar-refractivity contribution in [1.29, 1.82) is 0 Å². The molecule has 19 heavy (non-hydrogen) atoms. The normalized spacial score (nSPS) is 10.3. The standard InChI is InChI=1S/C15H19N3O/c1-4-9-16-15-14(19-3)13(17-10-18-15)12-7-5-11(2)6-8-12/h5-8,10H,4,9H2,1-3H3,(H,16,17,18). The van der Waals surface area contributed by atoms with Gasteiger partial charge in [0.15, 0.2) is 11.6 Å². The van der Waals surface area contributed by atoms with Crippen molar-refractivity contribution >= 4 is 5.82 Å². The molecule has 0 aliphatic rings. The van der Waals surface area contributed by atoms with Crippen LogP contribution < -0.4 is 10.1 Å². The molecule has 1 heterocycles. The first kappa shape index (κ1) is 13.3. The summed E-state index contributed by atoms with van der Waals surface area (Å²) in [6.45, 7) is 5.04. The van der Waals surface area contributed by atoms with Gasteiger partial charge in [0.2, 0.25) is 0 Å². The molecule has 0 bridgehead atoms. The Morgan fingerprint density at radius 2 is 1.89 bits per heavy atom. The molecule has 0 atom stereocenters. The summed E-state index contributed by atoms with van der Waals surface area (Å²) >= 11 is 0. The average Bonchev–Trinajstić information content (AvgIpc) is 2.45. The predicted molar refractivity (Wildman–Crippen MR) is 77.5 cm³/mol. The molecule has 0 aliphatic heterocycles. The van der Waals surface area contributed by atoms with Crippen molar-refractivity contribution in [3.63, 3.8) is 0 Å². The van der Waals surface area contributed by atoms with Crippen LogP contribution in [0.1, 0.15) is 18.9 Å². The van der Waals surface area contributed by atoms with Crippen molar-refractivity contribution < 1.29 is 4.74 Å². The molecule has 1 aromatic carbocycles. The van der Waals surface area contributed by atoms with Gasteiger partial charge in [-0.25, -0.2) is 9.97 Å². The number of aryl methyl sites for hydroxylation is 1. The van der Waals surface area contributed by atoms with Crippen LogP contribution in [0.2, 0.25) is 0 Å². The lowest BCUT2D eigenvalue weighted by molar-refractivity contribution is 0.414. The lowest BCUT2D eigenvalue weighted by Gasteiger charge is -2.12. The number of nitrogens with one attached hydrogen (secondary N) is 1. The summed E-state index contributed by atoms with van der Waals surface area (Å²) in [4.78, 5) is 8.59. The summed E-state index contributed by atoms with van der Waals surface area (Å²) < 4.78 is 5.47. The molecule has 2 rings (SSSR count). The minimum absolute atomic E-state index is 0.694. The fourth-order valence-corrected chi connectivity index (χ4v) is 1.85. The van der Waals surface area contributed by atoms with E-state index in [1.807, 2.05) is 12.1 Å². The largest absolute Gasteiger partial charge is 0.491 e. The van der Waals surface area contributed by atoms with Crippen LogP contribution in [0.15, 0.2) is 30.6 Å². The molecule has 0 unspecified atom stereocenters. The highest BCUT2D eigenvalue weighted by Gasteiger charge is 2.13. The Morgan fingerprint density at radius 3 is 2.53 bits per heavy atom. The van der Waals surface area contributed by atoms with Crippen molar-refractivity contribution in [2.24, 2.45) is 0 Å². The summed E-state index contributed by atoms with van der Waals surface area (Å²) in [5.74, 6) is 1.44. The number of aromatic nitrogens is 2. The summed E-state index contributed by atoms with van der Waals surface area (Å²) in [6.07, 6.45) is 2.60. The minimum atomic E-state index is 0.694. The monoisotopic (exact) mass is 257 g/mol. The second-order valence-electron chi connectivity index (χ2n) is 4.40. The maximum atomic E-state index is 5.47. The van der Waals surface area contributed by atoms with Crippen LogP contribution in [0.25, 0.3) is 11.3 Å². The van der Waals surface area contributed by atoms with Gasteiger partial charge in [-0.15, -0.1) is 0 Å². The smallest absolute Gasteiger partial charge is 0.187 e. The Kier molecular flexibility index (Phi) is 4.34. The highest BCUT2D eigenvalue weighted by Crippen LogP contribution is 2.32. The zero-order chi connectivity index (χ0) is 13.7. The van der Waals surface area contributed by atoms with Gasteiger partial charge in [0.1, 0.15) is 12.0 Å². The zero-order valence-electron chi connectivity index (χ0n) is 11.6. The maximum absolute atomic E-state index is 5.47. The minimum Gasteiger partial charge on any atom is -0.491 e. The Bertz CT molecular complexity index is 538. The van der Waals surface area contributed by atoms with Gasteiger partial charge in [0, 0.05) is 12.1 Å². The molecular formula is C15H19N3O. The topological polar surface area (TPSA) is 47.0 Å². The van der Waals surface area contributed by atoms with Gasteiger partial charge < -0.3 is 10.1 Å². The first-order chi connectivity index (χ1) is 9.26. The zero-order valence-corrected chi connectivity index (χ0v) is 11.6. The van der Waals surface area contributed by atoms with E-state index in [0.29, 0.717) is 5.75 Å². The van der Waals surface area contributed by atoms with Crippen LogP contribution >= 0.6 is 0 Å². The molecule has 100 valence electrons. The molecule has 4 heteroatoms. The molecule has 0 spiro atoms. The lowest BCUT2D eigenvalue weighted by Crippen LogP contribution is -2.05. The van der Waals surface area contributed by atoms with Gasteiger partial charge in [-0.3, -0.25) is 0 Å². The number of hydrogen-bond donors (Lipinski definition) is 1. The van der Waals surface area contributed by atoms with Crippen LogP contribution in [0.4, 0.5) is 5.82 Å². The molecular weight excluding hydrogens is 238 g/mol. The van der Waals surface area contributed by atoms with E-state index >= 15 is 0 Å². The van der Waals surface area contributed by atoms with E-state index < -0.39 is 0 Å². The van der Waals surface area contributed by atoms with E-state index in [-0.39, 0.29) is 0 Å². The molecule has 0 fully saturated rings. The highest BCUT2D eigenvalue weighted by atomic mass is 16.5. The third-order valence-corrected chi connectivity index (χ3v) is 2.88. The van der Waals surface area contributed by atoms with Crippen LogP contribution in [0.3, 0.4) is 0 Å². The first-order valence-electron chi connectivity index (χ1n) is 6.46. The summed E-state index contributed by atoms with van der Waals surface area (Å²) in [5.41, 5.74) is 3.07. The van der Waals surface area contributed by atoms with Crippen molar-refractivity contribution in [2.75, 3.05) is 19.0 Å². The Hall–Kier alpha value is -2.10. The van der Waals surface area contributed by atoms with E-state index in [1.54, 1.807) is 13.4 Å². The Labute approximate surface area is 113 Å². The van der Waals surface area contributed by atoms with Crippen molar-refractivity contribution in [3.8, 4) is 17.0 Å². The Morgan fingerprint density at radius 1 is 1.16 bits per heavy atom. The summed E-state index contributed by atoms with van der Waals surface area (Å²) in [6, 6.07) is 8.22. The van der Waals surface area contributed by atoms with E-state index in [2.05, 4.69) is 41.3 Å². The van der Waals surface area contributed by atoms with Gasteiger partial charge in [-0.05, 0) is 13.3 Å². The van der Waals surface area contributed by atoms with Crippen molar-refractivity contribution in [3.05, 3.63) is 36.2 Å². The van der Waals surface area contributed by atoms with Crippen molar-refractivity contribution in [2.45, 2.75) is 20.3 Å². The van der Waals surface area contributed by atoms with Crippen LogP contribution in [-0.4, -0.2) is 23.6 Å². The van der Waals surface area contributed by atoms with E-state index in [1.165, 1.54) is 5.56 Å². The highest BCUT2D eigenvalue weighted by molar-refractivity contribution is 5.72. The number of hydrogen-bond acceptors (Lipinski definition) is 4. The molecule has 0 saturated heterocycles. The summed E-state index contributed by atoms with van der Waals surface area (Å²) in [5, 5.41) is 3.26. The summed E-state index contributed by atoms with van der Waals surface area (Å²) in [7, 11) is 1.65. The lowest BCUT2D eigenvalue weighted by atomic mass is 10.1. The second kappa shape index (κ2) is 6.18. The number of benzene rings is 1. The number of nitrogens with zero attached hydrogens (tertiary/aromatic N) is 2. The molecule has 2 aromatic rings. The van der Waals surface area contributed by atoms with Gasteiger partial charge in [-0.1, -0.05) is 36.8 Å². The van der Waals surface area contributed by atoms with Gasteiger partial charge in [0.25, 0.3) is 0 Å². The Balaban J connectivity index is 2.42. The van der Waals surface area contributed by atoms with E-state index in [4.69, 9.17) is 4.74 Å². The van der Waals surface area contributed by atoms with Crippen LogP contribution in [0.5, 0.6) is 5.75 Å². The average molecular weight is 257 g/mol. The molecule has 0 radical (unpaired) electrons. The fraction of sp³-hybridized carbons (Fsp3) is 0.333. The quantitative estimate of drug-likeness (QED) is 0.893. The number of ether oxygens (including phenoxy) is 1. The number of anilines is 1. The van der Waals surface area contributed by atoms with Gasteiger partial charge in [-0.2, -0.15) is 0 Å². The van der Waals surface area contributed by atoms with Crippen LogP contribution in [0, 0.1) is 6.92 Å². The molecule has 4 nitrogen and oxygen atoms in total. The van der Waals surface area contributed by atoms with Gasteiger partial charge >= 0.3 is 0 Å². The molecule has 1 N–H and O–H groups in total. The molecule has 1 aromatic heterocycles. The molecule has 0 saturated carbocycles. The number of rotatable bonds is 5.